The average molecular weight is 282 g/mol. The predicted molar refractivity (Wildman–Crippen MR) is 81.0 cm³/mol. The Hall–Kier alpha value is -0.610. The van der Waals surface area contributed by atoms with Crippen molar-refractivity contribution in [2.24, 2.45) is 0 Å². The first-order chi connectivity index (χ1) is 9.75. The monoisotopic (exact) mass is 282 g/mol. The van der Waals surface area contributed by atoms with Gasteiger partial charge < -0.3 is 14.9 Å². The number of hydrogen-bond donors (Lipinski definition) is 1. The molecule has 2 fully saturated rings. The van der Waals surface area contributed by atoms with Crippen LogP contribution in [0.4, 0.5) is 0 Å². The number of aliphatic carboxylic acids is 1. The van der Waals surface area contributed by atoms with Crippen molar-refractivity contribution in [2.45, 2.75) is 63.8 Å². The fourth-order valence-corrected chi connectivity index (χ4v) is 3.58. The fraction of sp³-hybridized carbons (Fsp3) is 0.938. The molecule has 0 aromatic carbocycles. The molecule has 2 aliphatic heterocycles. The Morgan fingerprint density at radius 2 is 1.65 bits per heavy atom. The average Bonchev–Trinajstić information content (AvgIpc) is 2.48. The number of carbonyl (C=O) groups is 1. The minimum Gasteiger partial charge on any atom is -0.481 e. The van der Waals surface area contributed by atoms with Crippen molar-refractivity contribution in [2.75, 3.05) is 32.7 Å². The number of unbranched alkanes of at least 4 members (excludes halogenated alkanes) is 2. The maximum absolute atomic E-state index is 10.4. The molecule has 1 N–H and O–H groups in total. The lowest BCUT2D eigenvalue weighted by Gasteiger charge is -2.40. The van der Waals surface area contributed by atoms with Crippen molar-refractivity contribution in [3.8, 4) is 0 Å². The smallest absolute Gasteiger partial charge is 0.303 e. The van der Waals surface area contributed by atoms with Gasteiger partial charge >= 0.3 is 5.97 Å². The number of hydrogen-bond acceptors (Lipinski definition) is 3. The lowest BCUT2D eigenvalue weighted by Crippen LogP contribution is -2.46. The van der Waals surface area contributed by atoms with Crippen LogP contribution in [-0.4, -0.2) is 59.6 Å². The first-order valence-corrected chi connectivity index (χ1v) is 8.44. The van der Waals surface area contributed by atoms with Crippen LogP contribution in [0.15, 0.2) is 0 Å². The van der Waals surface area contributed by atoms with Gasteiger partial charge in [-0.25, -0.2) is 0 Å². The standard InChI is InChI=1S/C16H30N2O2/c19-16(20)7-3-1-4-10-17-13-8-15(9-14-17)18-11-5-2-6-12-18/h15H,1-14H2,(H,19,20). The summed E-state index contributed by atoms with van der Waals surface area (Å²) in [5.74, 6) is -0.660. The highest BCUT2D eigenvalue weighted by Crippen LogP contribution is 2.21. The van der Waals surface area contributed by atoms with Gasteiger partial charge in [0.2, 0.25) is 0 Å². The summed E-state index contributed by atoms with van der Waals surface area (Å²) in [6.45, 7) is 6.27. The molecule has 4 nitrogen and oxygen atoms in total. The van der Waals surface area contributed by atoms with E-state index in [2.05, 4.69) is 9.80 Å². The second-order valence-corrected chi connectivity index (χ2v) is 6.37. The highest BCUT2D eigenvalue weighted by Gasteiger charge is 2.25. The number of carboxylic acids is 1. The van der Waals surface area contributed by atoms with Gasteiger partial charge in [-0.1, -0.05) is 12.8 Å². The quantitative estimate of drug-likeness (QED) is 0.729. The molecule has 2 heterocycles. The van der Waals surface area contributed by atoms with Gasteiger partial charge in [-0.15, -0.1) is 0 Å². The molecule has 0 unspecified atom stereocenters. The van der Waals surface area contributed by atoms with Crippen LogP contribution in [0.5, 0.6) is 0 Å². The summed E-state index contributed by atoms with van der Waals surface area (Å²) in [7, 11) is 0. The van der Waals surface area contributed by atoms with Crippen LogP contribution in [0.2, 0.25) is 0 Å². The summed E-state index contributed by atoms with van der Waals surface area (Å²) < 4.78 is 0. The maximum Gasteiger partial charge on any atom is 0.303 e. The van der Waals surface area contributed by atoms with Crippen molar-refractivity contribution >= 4 is 5.97 Å². The number of piperidine rings is 2. The Labute approximate surface area is 123 Å². The summed E-state index contributed by atoms with van der Waals surface area (Å²) in [6.07, 6.45) is 10.2. The topological polar surface area (TPSA) is 43.8 Å². The van der Waals surface area contributed by atoms with Crippen molar-refractivity contribution in [3.63, 3.8) is 0 Å². The van der Waals surface area contributed by atoms with E-state index in [1.807, 2.05) is 0 Å². The molecule has 2 aliphatic rings. The number of carboxylic acid groups (broad SMARTS) is 1. The molecular formula is C16H30N2O2. The van der Waals surface area contributed by atoms with Crippen molar-refractivity contribution in [1.82, 2.24) is 9.80 Å². The van der Waals surface area contributed by atoms with E-state index >= 15 is 0 Å². The SMILES string of the molecule is O=C(O)CCCCCN1CCC(N2CCCCC2)CC1. The summed E-state index contributed by atoms with van der Waals surface area (Å²) in [4.78, 5) is 15.7. The molecule has 0 bridgehead atoms. The first kappa shape index (κ1) is 15.8. The van der Waals surface area contributed by atoms with Gasteiger partial charge in [-0.3, -0.25) is 4.79 Å². The fourth-order valence-electron chi connectivity index (χ4n) is 3.58. The third kappa shape index (κ3) is 5.41. The Morgan fingerprint density at radius 3 is 2.30 bits per heavy atom. The van der Waals surface area contributed by atoms with E-state index in [-0.39, 0.29) is 0 Å². The Kier molecular flexibility index (Phi) is 6.80. The van der Waals surface area contributed by atoms with E-state index in [0.717, 1.165) is 31.8 Å². The van der Waals surface area contributed by atoms with Crippen LogP contribution in [0.3, 0.4) is 0 Å². The van der Waals surface area contributed by atoms with Gasteiger partial charge in [0, 0.05) is 12.5 Å². The Bertz CT molecular complexity index is 282. The summed E-state index contributed by atoms with van der Waals surface area (Å²) >= 11 is 0. The van der Waals surface area contributed by atoms with Gasteiger partial charge in [-0.2, -0.15) is 0 Å². The van der Waals surface area contributed by atoms with E-state index < -0.39 is 5.97 Å². The highest BCUT2D eigenvalue weighted by atomic mass is 16.4. The molecule has 0 saturated carbocycles. The van der Waals surface area contributed by atoms with Gasteiger partial charge in [0.05, 0.1) is 0 Å². The van der Waals surface area contributed by atoms with Crippen LogP contribution < -0.4 is 0 Å². The summed E-state index contributed by atoms with van der Waals surface area (Å²) in [6, 6.07) is 0.832. The Morgan fingerprint density at radius 1 is 0.950 bits per heavy atom. The third-order valence-electron chi connectivity index (χ3n) is 4.83. The molecule has 116 valence electrons. The normalized spacial score (nSPS) is 23.0. The molecule has 0 spiro atoms. The van der Waals surface area contributed by atoms with Crippen LogP contribution in [0.25, 0.3) is 0 Å². The molecule has 2 rings (SSSR count). The third-order valence-corrected chi connectivity index (χ3v) is 4.83. The number of nitrogens with zero attached hydrogens (tertiary/aromatic N) is 2. The number of rotatable bonds is 7. The van der Waals surface area contributed by atoms with Crippen LogP contribution in [0, 0.1) is 0 Å². The predicted octanol–water partition coefficient (Wildman–Crippen LogP) is 2.58. The molecule has 0 radical (unpaired) electrons. The number of likely N-dealkylation sites (tertiary alicyclic amines) is 2. The molecule has 0 amide bonds. The zero-order valence-electron chi connectivity index (χ0n) is 12.7. The van der Waals surface area contributed by atoms with Gasteiger partial charge in [0.1, 0.15) is 0 Å². The van der Waals surface area contributed by atoms with E-state index in [0.29, 0.717) is 6.42 Å². The molecule has 0 aromatic heterocycles. The lowest BCUT2D eigenvalue weighted by atomic mass is 9.99. The Balaban J connectivity index is 1.53. The van der Waals surface area contributed by atoms with Gasteiger partial charge in [0.15, 0.2) is 0 Å². The van der Waals surface area contributed by atoms with E-state index in [1.165, 1.54) is 58.3 Å². The van der Waals surface area contributed by atoms with Crippen molar-refractivity contribution in [3.05, 3.63) is 0 Å². The molecule has 0 aromatic rings. The lowest BCUT2D eigenvalue weighted by molar-refractivity contribution is -0.137. The molecular weight excluding hydrogens is 252 g/mol. The minimum atomic E-state index is -0.660. The molecule has 0 aliphatic carbocycles. The zero-order valence-corrected chi connectivity index (χ0v) is 12.7. The van der Waals surface area contributed by atoms with Crippen molar-refractivity contribution < 1.29 is 9.90 Å². The first-order valence-electron chi connectivity index (χ1n) is 8.44. The summed E-state index contributed by atoms with van der Waals surface area (Å²) in [5.41, 5.74) is 0. The molecule has 4 heteroatoms. The van der Waals surface area contributed by atoms with Gasteiger partial charge in [-0.05, 0) is 71.2 Å². The largest absolute Gasteiger partial charge is 0.481 e. The van der Waals surface area contributed by atoms with E-state index in [9.17, 15) is 4.79 Å². The molecule has 0 atom stereocenters. The van der Waals surface area contributed by atoms with Crippen LogP contribution in [-0.2, 0) is 4.79 Å². The second kappa shape index (κ2) is 8.63. The van der Waals surface area contributed by atoms with Crippen LogP contribution in [0.1, 0.15) is 57.8 Å². The molecule has 2 saturated heterocycles. The van der Waals surface area contributed by atoms with E-state index in [4.69, 9.17) is 5.11 Å². The molecule has 20 heavy (non-hydrogen) atoms. The maximum atomic E-state index is 10.4. The second-order valence-electron chi connectivity index (χ2n) is 6.37. The van der Waals surface area contributed by atoms with Gasteiger partial charge in [0.25, 0.3) is 0 Å². The van der Waals surface area contributed by atoms with E-state index in [1.54, 1.807) is 0 Å². The minimum absolute atomic E-state index is 0.330. The zero-order chi connectivity index (χ0) is 14.2. The highest BCUT2D eigenvalue weighted by molar-refractivity contribution is 5.66. The summed E-state index contributed by atoms with van der Waals surface area (Å²) in [5, 5.41) is 8.60. The van der Waals surface area contributed by atoms with Crippen molar-refractivity contribution in [1.29, 1.82) is 0 Å². The van der Waals surface area contributed by atoms with Crippen LogP contribution >= 0.6 is 0 Å².